The number of carbonyl (C=O) groups excluding carboxylic acids is 3. The summed E-state index contributed by atoms with van der Waals surface area (Å²) in [5, 5.41) is 5.26. The monoisotopic (exact) mass is 340 g/mol. The number of amides is 2. The molecule has 0 fully saturated rings. The highest BCUT2D eigenvalue weighted by molar-refractivity contribution is 5.94. The molecule has 0 radical (unpaired) electrons. The largest absolute Gasteiger partial charge is 0.456 e. The Kier molecular flexibility index (Phi) is 6.71. The highest BCUT2D eigenvalue weighted by Crippen LogP contribution is 2.08. The molecule has 2 amide bonds. The van der Waals surface area contributed by atoms with Crippen molar-refractivity contribution in [2.45, 2.75) is 13.3 Å². The van der Waals surface area contributed by atoms with Crippen molar-refractivity contribution in [2.75, 3.05) is 18.5 Å². The molecule has 0 spiro atoms. The molecule has 0 bridgehead atoms. The molecule has 6 nitrogen and oxygen atoms in total. The molecule has 25 heavy (non-hydrogen) atoms. The molecule has 0 aromatic heterocycles. The first kappa shape index (κ1) is 18.2. The predicted octanol–water partition coefficient (Wildman–Crippen LogP) is 2.30. The molecule has 0 heterocycles. The molecule has 2 aromatic carbocycles. The number of anilines is 1. The fourth-order valence-corrected chi connectivity index (χ4v) is 2.02. The summed E-state index contributed by atoms with van der Waals surface area (Å²) < 4.78 is 4.89. The van der Waals surface area contributed by atoms with E-state index in [0.717, 1.165) is 5.56 Å². The van der Waals surface area contributed by atoms with Crippen molar-refractivity contribution >= 4 is 23.5 Å². The lowest BCUT2D eigenvalue weighted by atomic mass is 10.2. The van der Waals surface area contributed by atoms with E-state index in [1.807, 2.05) is 25.1 Å². The highest BCUT2D eigenvalue weighted by atomic mass is 16.5. The van der Waals surface area contributed by atoms with E-state index in [-0.39, 0.29) is 25.5 Å². The third-order valence-electron chi connectivity index (χ3n) is 3.35. The molecule has 130 valence electrons. The average molecular weight is 340 g/mol. The maximum atomic E-state index is 11.8. The van der Waals surface area contributed by atoms with Gasteiger partial charge in [-0.3, -0.25) is 14.4 Å². The Morgan fingerprint density at radius 1 is 0.960 bits per heavy atom. The van der Waals surface area contributed by atoms with E-state index in [1.165, 1.54) is 0 Å². The van der Waals surface area contributed by atoms with E-state index < -0.39 is 11.9 Å². The standard InChI is InChI=1S/C19H20N2O4/c1-14-7-9-16(10-8-14)21-17(22)13-25-18(23)11-12-20-19(24)15-5-3-2-4-6-15/h2-10H,11-13H2,1H3,(H,20,24)(H,21,22). The van der Waals surface area contributed by atoms with Gasteiger partial charge in [-0.2, -0.15) is 0 Å². The molecule has 0 aliphatic rings. The Morgan fingerprint density at radius 3 is 2.32 bits per heavy atom. The van der Waals surface area contributed by atoms with Crippen LogP contribution < -0.4 is 10.6 Å². The van der Waals surface area contributed by atoms with Crippen molar-refractivity contribution in [3.8, 4) is 0 Å². The molecule has 0 saturated heterocycles. The van der Waals surface area contributed by atoms with Gasteiger partial charge in [-0.25, -0.2) is 0 Å². The van der Waals surface area contributed by atoms with Crippen LogP contribution >= 0.6 is 0 Å². The van der Waals surface area contributed by atoms with Crippen molar-refractivity contribution in [1.29, 1.82) is 0 Å². The van der Waals surface area contributed by atoms with Gasteiger partial charge in [-0.1, -0.05) is 35.9 Å². The Balaban J connectivity index is 1.64. The van der Waals surface area contributed by atoms with Crippen molar-refractivity contribution in [2.24, 2.45) is 0 Å². The van der Waals surface area contributed by atoms with Gasteiger partial charge in [-0.15, -0.1) is 0 Å². The summed E-state index contributed by atoms with van der Waals surface area (Å²) in [7, 11) is 0. The van der Waals surface area contributed by atoms with Crippen molar-refractivity contribution in [3.63, 3.8) is 0 Å². The molecule has 2 rings (SSSR count). The number of hydrogen-bond donors (Lipinski definition) is 2. The maximum Gasteiger partial charge on any atom is 0.308 e. The van der Waals surface area contributed by atoms with Crippen LogP contribution in [-0.4, -0.2) is 30.9 Å². The van der Waals surface area contributed by atoms with Crippen LogP contribution in [0.2, 0.25) is 0 Å². The van der Waals surface area contributed by atoms with Crippen molar-refractivity contribution in [1.82, 2.24) is 5.32 Å². The fraction of sp³-hybridized carbons (Fsp3) is 0.211. The molecule has 2 N–H and O–H groups in total. The van der Waals surface area contributed by atoms with Gasteiger partial charge < -0.3 is 15.4 Å². The van der Waals surface area contributed by atoms with E-state index in [1.54, 1.807) is 36.4 Å². The van der Waals surface area contributed by atoms with Crippen LogP contribution in [0.1, 0.15) is 22.3 Å². The number of esters is 1. The van der Waals surface area contributed by atoms with Gasteiger partial charge >= 0.3 is 5.97 Å². The van der Waals surface area contributed by atoms with Crippen LogP contribution in [0.4, 0.5) is 5.69 Å². The molecule has 2 aromatic rings. The van der Waals surface area contributed by atoms with Crippen LogP contribution in [0.3, 0.4) is 0 Å². The number of benzene rings is 2. The molecular formula is C19H20N2O4. The van der Waals surface area contributed by atoms with Gasteiger partial charge in [-0.05, 0) is 31.2 Å². The Hall–Kier alpha value is -3.15. The summed E-state index contributed by atoms with van der Waals surface area (Å²) in [5.74, 6) is -1.22. The first-order valence-electron chi connectivity index (χ1n) is 7.90. The first-order chi connectivity index (χ1) is 12.0. The molecule has 0 aliphatic carbocycles. The van der Waals surface area contributed by atoms with E-state index in [9.17, 15) is 14.4 Å². The van der Waals surface area contributed by atoms with E-state index in [2.05, 4.69) is 10.6 Å². The summed E-state index contributed by atoms with van der Waals surface area (Å²) in [6.45, 7) is 1.73. The zero-order valence-electron chi connectivity index (χ0n) is 14.0. The number of nitrogens with one attached hydrogen (secondary N) is 2. The third-order valence-corrected chi connectivity index (χ3v) is 3.35. The van der Waals surface area contributed by atoms with Gasteiger partial charge in [0.25, 0.3) is 11.8 Å². The van der Waals surface area contributed by atoms with Crippen LogP contribution in [0.5, 0.6) is 0 Å². The van der Waals surface area contributed by atoms with Gasteiger partial charge in [0.05, 0.1) is 6.42 Å². The zero-order chi connectivity index (χ0) is 18.1. The molecular weight excluding hydrogens is 320 g/mol. The Bertz CT molecular complexity index is 727. The summed E-state index contributed by atoms with van der Waals surface area (Å²) in [4.78, 5) is 35.1. The normalized spacial score (nSPS) is 9.96. The van der Waals surface area contributed by atoms with Crippen molar-refractivity contribution in [3.05, 3.63) is 65.7 Å². The number of rotatable bonds is 7. The van der Waals surface area contributed by atoms with Gasteiger partial charge in [0.15, 0.2) is 6.61 Å². The Labute approximate surface area is 146 Å². The maximum absolute atomic E-state index is 11.8. The predicted molar refractivity (Wildman–Crippen MR) is 94.2 cm³/mol. The van der Waals surface area contributed by atoms with Crippen LogP contribution in [0.25, 0.3) is 0 Å². The number of aryl methyl sites for hydroxylation is 1. The SMILES string of the molecule is Cc1ccc(NC(=O)COC(=O)CCNC(=O)c2ccccc2)cc1. The number of hydrogen-bond acceptors (Lipinski definition) is 4. The van der Waals surface area contributed by atoms with Gasteiger partial charge in [0, 0.05) is 17.8 Å². The number of carbonyl (C=O) groups is 3. The molecule has 0 unspecified atom stereocenters. The molecule has 0 aliphatic heterocycles. The second-order valence-electron chi connectivity index (χ2n) is 5.45. The minimum Gasteiger partial charge on any atom is -0.456 e. The minimum atomic E-state index is -0.549. The Morgan fingerprint density at radius 2 is 1.64 bits per heavy atom. The number of ether oxygens (including phenoxy) is 1. The van der Waals surface area contributed by atoms with Crippen LogP contribution in [0.15, 0.2) is 54.6 Å². The lowest BCUT2D eigenvalue weighted by Crippen LogP contribution is -2.27. The van der Waals surface area contributed by atoms with E-state index >= 15 is 0 Å². The van der Waals surface area contributed by atoms with E-state index in [0.29, 0.717) is 11.3 Å². The molecule has 6 heteroatoms. The minimum absolute atomic E-state index is 0.00359. The van der Waals surface area contributed by atoms with Crippen molar-refractivity contribution < 1.29 is 19.1 Å². The fourth-order valence-electron chi connectivity index (χ4n) is 2.02. The lowest BCUT2D eigenvalue weighted by molar-refractivity contribution is -0.147. The summed E-state index contributed by atoms with van der Waals surface area (Å²) in [5.41, 5.74) is 2.25. The topological polar surface area (TPSA) is 84.5 Å². The first-order valence-corrected chi connectivity index (χ1v) is 7.90. The second-order valence-corrected chi connectivity index (χ2v) is 5.45. The zero-order valence-corrected chi connectivity index (χ0v) is 14.0. The third kappa shape index (κ3) is 6.47. The molecule has 0 atom stereocenters. The van der Waals surface area contributed by atoms with Crippen LogP contribution in [0, 0.1) is 6.92 Å². The molecule has 0 saturated carbocycles. The van der Waals surface area contributed by atoms with Crippen LogP contribution in [-0.2, 0) is 14.3 Å². The highest BCUT2D eigenvalue weighted by Gasteiger charge is 2.09. The summed E-state index contributed by atoms with van der Waals surface area (Å²) in [6, 6.07) is 16.0. The second kappa shape index (κ2) is 9.22. The van der Waals surface area contributed by atoms with E-state index in [4.69, 9.17) is 4.74 Å². The smallest absolute Gasteiger partial charge is 0.308 e. The quantitative estimate of drug-likeness (QED) is 0.758. The van der Waals surface area contributed by atoms with Gasteiger partial charge in [0.2, 0.25) is 0 Å². The van der Waals surface area contributed by atoms with Gasteiger partial charge in [0.1, 0.15) is 0 Å². The lowest BCUT2D eigenvalue weighted by Gasteiger charge is -2.07. The summed E-state index contributed by atoms with van der Waals surface area (Å²) in [6.07, 6.45) is -0.00359. The average Bonchev–Trinajstić information content (AvgIpc) is 2.62. The summed E-state index contributed by atoms with van der Waals surface area (Å²) >= 11 is 0.